The summed E-state index contributed by atoms with van der Waals surface area (Å²) in [4.78, 5) is 42.8. The van der Waals surface area contributed by atoms with E-state index in [9.17, 15) is 14.4 Å². The summed E-state index contributed by atoms with van der Waals surface area (Å²) in [5, 5.41) is 5.72. The number of hydrogen-bond donors (Lipinski definition) is 2. The van der Waals surface area contributed by atoms with E-state index in [-0.39, 0.29) is 43.1 Å². The van der Waals surface area contributed by atoms with Gasteiger partial charge in [0.2, 0.25) is 11.8 Å². The molecule has 0 aromatic heterocycles. The van der Waals surface area contributed by atoms with E-state index in [2.05, 4.69) is 20.4 Å². The van der Waals surface area contributed by atoms with E-state index < -0.39 is 11.9 Å². The first-order chi connectivity index (χ1) is 19.0. The molecule has 0 radical (unpaired) electrons. The first-order valence-electron chi connectivity index (χ1n) is 14.8. The minimum Gasteiger partial charge on any atom is -0.375 e. The summed E-state index contributed by atoms with van der Waals surface area (Å²) < 4.78 is 22.2. The molecule has 1 unspecified atom stereocenters. The highest BCUT2D eigenvalue weighted by Gasteiger charge is 2.41. The summed E-state index contributed by atoms with van der Waals surface area (Å²) in [7, 11) is 0. The number of carbonyl (C=O) groups excluding carboxylic acids is 3. The van der Waals surface area contributed by atoms with Crippen molar-refractivity contribution in [2.45, 2.75) is 76.2 Å². The van der Waals surface area contributed by atoms with Gasteiger partial charge in [-0.2, -0.15) is 0 Å². The van der Waals surface area contributed by atoms with Crippen LogP contribution >= 0.6 is 0 Å². The van der Waals surface area contributed by atoms with Gasteiger partial charge in [0.25, 0.3) is 5.91 Å². The molecule has 1 saturated carbocycles. The lowest BCUT2D eigenvalue weighted by Gasteiger charge is -2.38. The fraction of sp³-hybridized carbons (Fsp3) is 0.690. The van der Waals surface area contributed by atoms with Crippen molar-refractivity contribution in [2.24, 2.45) is 5.92 Å². The Kier molecular flexibility index (Phi) is 7.86. The normalized spacial score (nSPS) is 29.1. The third-order valence-electron chi connectivity index (χ3n) is 9.32. The molecular formula is C29H40FN5O4. The molecule has 9 nitrogen and oxygen atoms in total. The van der Waals surface area contributed by atoms with Gasteiger partial charge in [-0.15, -0.1) is 0 Å². The quantitative estimate of drug-likeness (QED) is 0.533. The van der Waals surface area contributed by atoms with Crippen LogP contribution in [-0.4, -0.2) is 91.6 Å². The Hall–Kier alpha value is -2.56. The number of piperazine rings is 1. The highest BCUT2D eigenvalue weighted by molar-refractivity contribution is 6.05. The summed E-state index contributed by atoms with van der Waals surface area (Å²) in [5.41, 5.74) is 1.17. The number of piperidine rings is 2. The summed E-state index contributed by atoms with van der Waals surface area (Å²) in [6, 6.07) is 2.64. The van der Waals surface area contributed by atoms with Gasteiger partial charge in [-0.05, 0) is 63.0 Å². The Morgan fingerprint density at radius 2 is 1.62 bits per heavy atom. The molecule has 0 spiro atoms. The van der Waals surface area contributed by atoms with Crippen LogP contribution in [0.4, 0.5) is 10.1 Å². The van der Waals surface area contributed by atoms with Gasteiger partial charge < -0.3 is 24.8 Å². The second-order valence-corrected chi connectivity index (χ2v) is 11.8. The Morgan fingerprint density at radius 3 is 2.33 bits per heavy atom. The van der Waals surface area contributed by atoms with E-state index in [0.717, 1.165) is 57.8 Å². The molecule has 3 saturated heterocycles. The number of fused-ring (bicyclic) bond motifs is 1. The molecule has 1 aliphatic carbocycles. The monoisotopic (exact) mass is 541 g/mol. The van der Waals surface area contributed by atoms with Gasteiger partial charge >= 0.3 is 0 Å². The van der Waals surface area contributed by atoms with Crippen molar-refractivity contribution in [3.63, 3.8) is 0 Å². The van der Waals surface area contributed by atoms with Crippen molar-refractivity contribution in [3.05, 3.63) is 29.1 Å². The largest absolute Gasteiger partial charge is 0.375 e. The third-order valence-corrected chi connectivity index (χ3v) is 9.32. The number of nitrogens with one attached hydrogen (secondary N) is 2. The topological polar surface area (TPSA) is 94.2 Å². The maximum atomic E-state index is 15.7. The average Bonchev–Trinajstić information content (AvgIpc) is 3.28. The molecule has 2 N–H and O–H groups in total. The lowest BCUT2D eigenvalue weighted by atomic mass is 9.86. The molecule has 5 aliphatic rings. The maximum absolute atomic E-state index is 15.7. The van der Waals surface area contributed by atoms with Crippen LogP contribution in [0.2, 0.25) is 0 Å². The predicted molar refractivity (Wildman–Crippen MR) is 144 cm³/mol. The standard InChI is InChI=1S/C29H40FN5O4/c30-27-23-18-35(25-7-8-26(36)32-28(25)37)29(38)22(23)5-6-24(27)34-13-9-21(10-14-34)39-20-3-1-19(2-4-20)17-33-15-11-31-12-16-33/h5-6,19-21,25,31H,1-4,7-18H2,(H,32,36,37). The Labute approximate surface area is 229 Å². The van der Waals surface area contributed by atoms with Crippen LogP contribution in [0.25, 0.3) is 0 Å². The Balaban J connectivity index is 0.997. The lowest BCUT2D eigenvalue weighted by Crippen LogP contribution is -2.52. The maximum Gasteiger partial charge on any atom is 0.255 e. The van der Waals surface area contributed by atoms with Crippen LogP contribution in [-0.2, 0) is 20.9 Å². The molecule has 1 aromatic rings. The van der Waals surface area contributed by atoms with Crippen LogP contribution in [0.1, 0.15) is 67.3 Å². The number of halogens is 1. The number of benzene rings is 1. The minimum absolute atomic E-state index is 0.0526. The van der Waals surface area contributed by atoms with Crippen molar-refractivity contribution in [1.29, 1.82) is 0 Å². The summed E-state index contributed by atoms with van der Waals surface area (Å²) in [6.45, 7) is 7.22. The first-order valence-corrected chi connectivity index (χ1v) is 14.8. The number of nitrogens with zero attached hydrogens (tertiary/aromatic N) is 3. The fourth-order valence-electron chi connectivity index (χ4n) is 7.05. The van der Waals surface area contributed by atoms with Gasteiger partial charge in [0.15, 0.2) is 5.82 Å². The van der Waals surface area contributed by atoms with Crippen molar-refractivity contribution in [1.82, 2.24) is 20.4 Å². The van der Waals surface area contributed by atoms with E-state index in [4.69, 9.17) is 4.74 Å². The van der Waals surface area contributed by atoms with E-state index in [1.807, 2.05) is 0 Å². The van der Waals surface area contributed by atoms with E-state index in [1.54, 1.807) is 12.1 Å². The molecule has 0 bridgehead atoms. The molecule has 1 atom stereocenters. The molecule has 212 valence electrons. The highest BCUT2D eigenvalue weighted by atomic mass is 19.1. The molecule has 4 fully saturated rings. The van der Waals surface area contributed by atoms with Crippen LogP contribution in [0.5, 0.6) is 0 Å². The first kappa shape index (κ1) is 26.7. The van der Waals surface area contributed by atoms with Crippen LogP contribution in [0.15, 0.2) is 12.1 Å². The highest BCUT2D eigenvalue weighted by Crippen LogP contribution is 2.35. The van der Waals surface area contributed by atoms with Crippen molar-refractivity contribution >= 4 is 23.4 Å². The second-order valence-electron chi connectivity index (χ2n) is 11.8. The average molecular weight is 542 g/mol. The van der Waals surface area contributed by atoms with Crippen molar-refractivity contribution < 1.29 is 23.5 Å². The Bertz CT molecular complexity index is 1090. The zero-order chi connectivity index (χ0) is 26.9. The fourth-order valence-corrected chi connectivity index (χ4v) is 7.05. The van der Waals surface area contributed by atoms with Crippen molar-refractivity contribution in [2.75, 3.05) is 50.7 Å². The number of imide groups is 1. The van der Waals surface area contributed by atoms with Gasteiger partial charge in [-0.3, -0.25) is 19.7 Å². The predicted octanol–water partition coefficient (Wildman–Crippen LogP) is 2.04. The zero-order valence-corrected chi connectivity index (χ0v) is 22.6. The van der Waals surface area contributed by atoms with E-state index in [0.29, 0.717) is 36.0 Å². The van der Waals surface area contributed by atoms with Gasteiger partial charge in [0.1, 0.15) is 6.04 Å². The molecular weight excluding hydrogens is 501 g/mol. The molecule has 4 aliphatic heterocycles. The molecule has 1 aromatic carbocycles. The van der Waals surface area contributed by atoms with Crippen LogP contribution in [0, 0.1) is 11.7 Å². The van der Waals surface area contributed by atoms with E-state index in [1.165, 1.54) is 24.3 Å². The van der Waals surface area contributed by atoms with Crippen LogP contribution < -0.4 is 15.5 Å². The summed E-state index contributed by atoms with van der Waals surface area (Å²) in [5.74, 6) is -0.759. The Morgan fingerprint density at radius 1 is 0.897 bits per heavy atom. The van der Waals surface area contributed by atoms with Crippen LogP contribution in [0.3, 0.4) is 0 Å². The van der Waals surface area contributed by atoms with Gasteiger partial charge in [0, 0.05) is 63.4 Å². The zero-order valence-electron chi connectivity index (χ0n) is 22.6. The lowest BCUT2D eigenvalue weighted by molar-refractivity contribution is -0.136. The van der Waals surface area contributed by atoms with Gasteiger partial charge in [-0.25, -0.2) is 4.39 Å². The summed E-state index contributed by atoms with van der Waals surface area (Å²) >= 11 is 0. The summed E-state index contributed by atoms with van der Waals surface area (Å²) in [6.07, 6.45) is 7.45. The molecule has 3 amide bonds. The number of ether oxygens (including phenoxy) is 1. The number of anilines is 1. The molecule has 6 rings (SSSR count). The number of rotatable bonds is 6. The minimum atomic E-state index is -0.740. The third kappa shape index (κ3) is 5.69. The number of hydrogen-bond acceptors (Lipinski definition) is 7. The number of carbonyl (C=O) groups is 3. The second kappa shape index (κ2) is 11.5. The van der Waals surface area contributed by atoms with Gasteiger partial charge in [0.05, 0.1) is 24.4 Å². The molecule has 4 heterocycles. The molecule has 10 heteroatoms. The number of amides is 3. The van der Waals surface area contributed by atoms with E-state index >= 15 is 4.39 Å². The van der Waals surface area contributed by atoms with Crippen molar-refractivity contribution in [3.8, 4) is 0 Å². The smallest absolute Gasteiger partial charge is 0.255 e. The molecule has 39 heavy (non-hydrogen) atoms. The van der Waals surface area contributed by atoms with Gasteiger partial charge in [-0.1, -0.05) is 0 Å². The SMILES string of the molecule is O=C1CCC(N2Cc3c(ccc(N4CCC(OC5CCC(CN6CCNCC6)CC5)CC4)c3F)C2=O)C(=O)N1.